The van der Waals surface area contributed by atoms with Crippen LogP contribution in [0.5, 0.6) is 0 Å². The van der Waals surface area contributed by atoms with Crippen LogP contribution in [0.2, 0.25) is 0 Å². The molecule has 4 nitrogen and oxygen atoms in total. The van der Waals surface area contributed by atoms with Crippen LogP contribution in [0.25, 0.3) is 0 Å². The second-order valence-electron chi connectivity index (χ2n) is 2.85. The summed E-state index contributed by atoms with van der Waals surface area (Å²) in [5, 5.41) is 8.73. The summed E-state index contributed by atoms with van der Waals surface area (Å²) in [6.45, 7) is 1.67. The zero-order valence-electron chi connectivity index (χ0n) is 6.54. The smallest absolute Gasteiger partial charge is 0.354 e. The van der Waals surface area contributed by atoms with Crippen molar-refractivity contribution in [2.45, 2.75) is 6.42 Å². The lowest BCUT2D eigenvalue weighted by molar-refractivity contribution is -0.129. The van der Waals surface area contributed by atoms with E-state index in [1.54, 1.807) is 0 Å². The number of carbonyl (C=O) groups is 1. The third-order valence-electron chi connectivity index (χ3n) is 2.14. The minimum Gasteiger partial charge on any atom is -0.477 e. The Balaban J connectivity index is 2.29. The molecule has 0 fully saturated rings. The molecule has 2 aliphatic rings. The summed E-state index contributed by atoms with van der Waals surface area (Å²) in [6, 6.07) is 0. The maximum Gasteiger partial charge on any atom is 0.354 e. The van der Waals surface area contributed by atoms with E-state index in [9.17, 15) is 4.79 Å². The fourth-order valence-electron chi connectivity index (χ4n) is 1.50. The van der Waals surface area contributed by atoms with E-state index in [1.807, 2.05) is 0 Å². The van der Waals surface area contributed by atoms with Gasteiger partial charge in [-0.1, -0.05) is 0 Å². The zero-order valence-corrected chi connectivity index (χ0v) is 6.54. The van der Waals surface area contributed by atoms with Crippen molar-refractivity contribution < 1.29 is 14.6 Å². The summed E-state index contributed by atoms with van der Waals surface area (Å²) in [5.74, 6) is -0.939. The van der Waals surface area contributed by atoms with Crippen molar-refractivity contribution in [3.8, 4) is 0 Å². The molecule has 1 N–H and O–H groups in total. The first kappa shape index (κ1) is 7.49. The molecule has 0 unspecified atom stereocenters. The Kier molecular flexibility index (Phi) is 1.69. The highest BCUT2D eigenvalue weighted by Crippen LogP contribution is 2.22. The molecule has 4 heteroatoms. The third-order valence-corrected chi connectivity index (χ3v) is 2.14. The Labute approximate surface area is 69.6 Å². The van der Waals surface area contributed by atoms with Crippen LogP contribution < -0.4 is 0 Å². The normalized spacial score (nSPS) is 22.2. The van der Waals surface area contributed by atoms with Gasteiger partial charge in [-0.2, -0.15) is 0 Å². The second kappa shape index (κ2) is 2.71. The number of aliphatic imine (C=N–C) groups is 1. The molecule has 0 aromatic rings. The molecule has 0 saturated carbocycles. The predicted octanol–water partition coefficient (Wildman–Crippen LogP) is 0.243. The van der Waals surface area contributed by atoms with E-state index in [4.69, 9.17) is 9.84 Å². The zero-order chi connectivity index (χ0) is 8.55. The van der Waals surface area contributed by atoms with E-state index in [-0.39, 0.29) is 5.71 Å². The van der Waals surface area contributed by atoms with Crippen LogP contribution in [0, 0.1) is 0 Å². The van der Waals surface area contributed by atoms with Gasteiger partial charge in [-0.15, -0.1) is 0 Å². The first-order valence-corrected chi connectivity index (χ1v) is 3.86. The Morgan fingerprint density at radius 3 is 3.17 bits per heavy atom. The average Bonchev–Trinajstić information content (AvgIpc) is 2.47. The molecule has 0 aromatic heterocycles. The lowest BCUT2D eigenvalue weighted by Crippen LogP contribution is -2.20. The SMILES string of the molecule is O=C(O)C1=NCC2=C1COCC2. The fraction of sp³-hybridized carbons (Fsp3) is 0.500. The summed E-state index contributed by atoms with van der Waals surface area (Å²) in [7, 11) is 0. The topological polar surface area (TPSA) is 58.9 Å². The maximum atomic E-state index is 10.6. The van der Waals surface area contributed by atoms with Crippen molar-refractivity contribution in [2.75, 3.05) is 19.8 Å². The van der Waals surface area contributed by atoms with Gasteiger partial charge in [0.05, 0.1) is 19.8 Å². The molecular formula is C8H9NO3. The standard InChI is InChI=1S/C8H9NO3/c10-8(11)7-6-4-12-2-1-5(6)3-9-7/h1-4H2,(H,10,11). The molecule has 0 bridgehead atoms. The summed E-state index contributed by atoms with van der Waals surface area (Å²) < 4.78 is 5.16. The van der Waals surface area contributed by atoms with Gasteiger partial charge in [0.15, 0.2) is 0 Å². The number of hydrogen-bond donors (Lipinski definition) is 1. The lowest BCUT2D eigenvalue weighted by atomic mass is 10.0. The molecule has 0 saturated heterocycles. The van der Waals surface area contributed by atoms with Crippen molar-refractivity contribution in [2.24, 2.45) is 4.99 Å². The van der Waals surface area contributed by atoms with Crippen LogP contribution in [-0.2, 0) is 9.53 Å². The van der Waals surface area contributed by atoms with E-state index in [0.29, 0.717) is 19.8 Å². The predicted molar refractivity (Wildman–Crippen MR) is 42.4 cm³/mol. The van der Waals surface area contributed by atoms with Crippen LogP contribution >= 0.6 is 0 Å². The van der Waals surface area contributed by atoms with E-state index in [0.717, 1.165) is 17.6 Å². The largest absolute Gasteiger partial charge is 0.477 e. The summed E-state index contributed by atoms with van der Waals surface area (Å²) in [6.07, 6.45) is 0.829. The van der Waals surface area contributed by atoms with Crippen LogP contribution in [0.4, 0.5) is 0 Å². The van der Waals surface area contributed by atoms with Gasteiger partial charge >= 0.3 is 5.97 Å². The molecule has 12 heavy (non-hydrogen) atoms. The number of ether oxygens (including phenoxy) is 1. The van der Waals surface area contributed by atoms with Gasteiger partial charge < -0.3 is 9.84 Å². The number of hydrogen-bond acceptors (Lipinski definition) is 3. The minimum atomic E-state index is -0.939. The fourth-order valence-corrected chi connectivity index (χ4v) is 1.50. The van der Waals surface area contributed by atoms with E-state index < -0.39 is 5.97 Å². The molecule has 64 valence electrons. The second-order valence-corrected chi connectivity index (χ2v) is 2.85. The lowest BCUT2D eigenvalue weighted by Gasteiger charge is -2.14. The van der Waals surface area contributed by atoms with Crippen molar-refractivity contribution >= 4 is 11.7 Å². The van der Waals surface area contributed by atoms with Crippen molar-refractivity contribution in [3.05, 3.63) is 11.1 Å². The quantitative estimate of drug-likeness (QED) is 0.608. The van der Waals surface area contributed by atoms with E-state index >= 15 is 0 Å². The van der Waals surface area contributed by atoms with E-state index in [1.165, 1.54) is 0 Å². The van der Waals surface area contributed by atoms with Crippen molar-refractivity contribution in [1.29, 1.82) is 0 Å². The van der Waals surface area contributed by atoms with Crippen molar-refractivity contribution in [3.63, 3.8) is 0 Å². The molecular weight excluding hydrogens is 158 g/mol. The highest BCUT2D eigenvalue weighted by molar-refractivity contribution is 6.43. The molecule has 0 radical (unpaired) electrons. The molecule has 2 heterocycles. The molecule has 0 atom stereocenters. The molecule has 0 spiro atoms. The van der Waals surface area contributed by atoms with Gasteiger partial charge in [-0.3, -0.25) is 4.99 Å². The average molecular weight is 167 g/mol. The van der Waals surface area contributed by atoms with Gasteiger partial charge in [0, 0.05) is 5.57 Å². The molecule has 2 aliphatic heterocycles. The maximum absolute atomic E-state index is 10.6. The highest BCUT2D eigenvalue weighted by Gasteiger charge is 2.26. The monoisotopic (exact) mass is 167 g/mol. The van der Waals surface area contributed by atoms with Gasteiger partial charge in [-0.05, 0) is 12.0 Å². The number of nitrogens with zero attached hydrogens (tertiary/aromatic N) is 1. The molecule has 2 rings (SSSR count). The van der Waals surface area contributed by atoms with Gasteiger partial charge in [0.2, 0.25) is 0 Å². The summed E-state index contributed by atoms with van der Waals surface area (Å²) in [4.78, 5) is 14.6. The molecule has 0 amide bonds. The number of carboxylic acids is 1. The van der Waals surface area contributed by atoms with Crippen LogP contribution in [-0.4, -0.2) is 36.5 Å². The van der Waals surface area contributed by atoms with Crippen molar-refractivity contribution in [1.82, 2.24) is 0 Å². The highest BCUT2D eigenvalue weighted by atomic mass is 16.5. The summed E-state index contributed by atoms with van der Waals surface area (Å²) in [5.41, 5.74) is 2.14. The van der Waals surface area contributed by atoms with Crippen LogP contribution in [0.3, 0.4) is 0 Å². The number of rotatable bonds is 1. The van der Waals surface area contributed by atoms with Crippen LogP contribution in [0.15, 0.2) is 16.1 Å². The molecule has 0 aliphatic carbocycles. The Morgan fingerprint density at radius 1 is 1.58 bits per heavy atom. The Bertz CT molecular complexity index is 291. The number of carboxylic acid groups (broad SMARTS) is 1. The van der Waals surface area contributed by atoms with Gasteiger partial charge in [-0.25, -0.2) is 4.79 Å². The first-order chi connectivity index (χ1) is 5.79. The van der Waals surface area contributed by atoms with E-state index in [2.05, 4.69) is 4.99 Å². The van der Waals surface area contributed by atoms with Gasteiger partial charge in [0.25, 0.3) is 0 Å². The molecule has 0 aromatic carbocycles. The number of aliphatic carboxylic acids is 1. The Hall–Kier alpha value is -1.16. The Morgan fingerprint density at radius 2 is 2.42 bits per heavy atom. The summed E-state index contributed by atoms with van der Waals surface area (Å²) >= 11 is 0. The van der Waals surface area contributed by atoms with Crippen LogP contribution in [0.1, 0.15) is 6.42 Å². The minimum absolute atomic E-state index is 0.199. The van der Waals surface area contributed by atoms with Gasteiger partial charge in [0.1, 0.15) is 5.71 Å². The first-order valence-electron chi connectivity index (χ1n) is 3.86. The third kappa shape index (κ3) is 1.04.